The predicted octanol–water partition coefficient (Wildman–Crippen LogP) is 3.53. The summed E-state index contributed by atoms with van der Waals surface area (Å²) in [4.78, 5) is 0. The number of nitrogens with one attached hydrogen (secondary N) is 1. The highest BCUT2D eigenvalue weighted by molar-refractivity contribution is 9.10. The lowest BCUT2D eigenvalue weighted by molar-refractivity contribution is 0.543. The smallest absolute Gasteiger partial charge is 0.0894 e. The third-order valence-corrected chi connectivity index (χ3v) is 4.37. The number of aryl methyl sites for hydroxylation is 1. The van der Waals surface area contributed by atoms with Crippen LogP contribution in [0.5, 0.6) is 0 Å². The minimum absolute atomic E-state index is 0.263. The average Bonchev–Trinajstić information content (AvgIpc) is 2.76. The molecule has 0 aliphatic rings. The fourth-order valence-corrected chi connectivity index (χ4v) is 2.62. The number of aromatic nitrogens is 2. The maximum Gasteiger partial charge on any atom is 0.0894 e. The van der Waals surface area contributed by atoms with Gasteiger partial charge in [-0.15, -0.1) is 0 Å². The summed E-state index contributed by atoms with van der Waals surface area (Å²) >= 11 is 15.7. The van der Waals surface area contributed by atoms with Crippen LogP contribution in [0.4, 0.5) is 0 Å². The molecule has 0 radical (unpaired) electrons. The molecule has 1 unspecified atom stereocenters. The third kappa shape index (κ3) is 2.95. The van der Waals surface area contributed by atoms with Gasteiger partial charge in [-0.25, -0.2) is 5.43 Å². The zero-order chi connectivity index (χ0) is 14.0. The SMILES string of the molecule is CCn1ncc(Cl)c1C(NN)c1ccc(Br)c(Cl)c1. The summed E-state index contributed by atoms with van der Waals surface area (Å²) in [5, 5.41) is 5.41. The summed E-state index contributed by atoms with van der Waals surface area (Å²) in [6, 6.07) is 5.40. The van der Waals surface area contributed by atoms with Gasteiger partial charge in [0.1, 0.15) is 0 Å². The van der Waals surface area contributed by atoms with E-state index in [1.54, 1.807) is 6.20 Å². The molecule has 7 heteroatoms. The molecule has 1 aromatic heterocycles. The normalized spacial score (nSPS) is 12.7. The Morgan fingerprint density at radius 1 is 1.42 bits per heavy atom. The Balaban J connectivity index is 2.49. The monoisotopic (exact) mass is 362 g/mol. The van der Waals surface area contributed by atoms with E-state index in [9.17, 15) is 0 Å². The molecule has 1 heterocycles. The molecule has 0 amide bonds. The Hall–Kier alpha value is -0.590. The van der Waals surface area contributed by atoms with E-state index in [-0.39, 0.29) is 6.04 Å². The topological polar surface area (TPSA) is 55.9 Å². The molecule has 0 bridgehead atoms. The standard InChI is InChI=1S/C12H13BrCl2N4/c1-2-19-12(10(15)6-17-19)11(18-16)7-3-4-8(13)9(14)5-7/h3-6,11,18H,2,16H2,1H3. The van der Waals surface area contributed by atoms with Gasteiger partial charge in [-0.05, 0) is 40.5 Å². The van der Waals surface area contributed by atoms with Crippen LogP contribution in [0.25, 0.3) is 0 Å². The lowest BCUT2D eigenvalue weighted by Gasteiger charge is -2.19. The van der Waals surface area contributed by atoms with Gasteiger partial charge in [0.2, 0.25) is 0 Å². The van der Waals surface area contributed by atoms with Crippen molar-refractivity contribution < 1.29 is 0 Å². The molecule has 0 aliphatic carbocycles. The van der Waals surface area contributed by atoms with Crippen LogP contribution < -0.4 is 11.3 Å². The van der Waals surface area contributed by atoms with Crippen LogP contribution in [0.3, 0.4) is 0 Å². The van der Waals surface area contributed by atoms with Crippen LogP contribution in [0.1, 0.15) is 24.2 Å². The molecule has 0 saturated heterocycles. The Kier molecular flexibility index (Phi) is 4.86. The largest absolute Gasteiger partial charge is 0.271 e. The number of hydrogen-bond donors (Lipinski definition) is 2. The van der Waals surface area contributed by atoms with Crippen molar-refractivity contribution in [3.05, 3.63) is 50.2 Å². The van der Waals surface area contributed by atoms with Crippen molar-refractivity contribution in [3.8, 4) is 0 Å². The lowest BCUT2D eigenvalue weighted by Crippen LogP contribution is -2.31. The zero-order valence-electron chi connectivity index (χ0n) is 10.2. The van der Waals surface area contributed by atoms with E-state index in [2.05, 4.69) is 26.5 Å². The molecule has 102 valence electrons. The molecule has 0 saturated carbocycles. The van der Waals surface area contributed by atoms with Gasteiger partial charge in [0.25, 0.3) is 0 Å². The molecule has 2 rings (SSSR count). The molecule has 19 heavy (non-hydrogen) atoms. The second-order valence-electron chi connectivity index (χ2n) is 3.97. The number of benzene rings is 1. The summed E-state index contributed by atoms with van der Waals surface area (Å²) in [5.41, 5.74) is 4.51. The second kappa shape index (κ2) is 6.24. The molecule has 0 spiro atoms. The van der Waals surface area contributed by atoms with Gasteiger partial charge in [0.15, 0.2) is 0 Å². The highest BCUT2D eigenvalue weighted by atomic mass is 79.9. The van der Waals surface area contributed by atoms with E-state index < -0.39 is 0 Å². The highest BCUT2D eigenvalue weighted by Gasteiger charge is 2.21. The van der Waals surface area contributed by atoms with Crippen LogP contribution in [0.2, 0.25) is 10.0 Å². The number of rotatable bonds is 4. The van der Waals surface area contributed by atoms with Crippen LogP contribution in [0, 0.1) is 0 Å². The lowest BCUT2D eigenvalue weighted by atomic mass is 10.0. The Morgan fingerprint density at radius 3 is 2.74 bits per heavy atom. The summed E-state index contributed by atoms with van der Waals surface area (Å²) in [6.07, 6.45) is 1.62. The van der Waals surface area contributed by atoms with Crippen LogP contribution in [0.15, 0.2) is 28.9 Å². The number of hydrazine groups is 1. The molecule has 4 nitrogen and oxygen atoms in total. The van der Waals surface area contributed by atoms with Gasteiger partial charge >= 0.3 is 0 Å². The first-order chi connectivity index (χ1) is 9.08. The summed E-state index contributed by atoms with van der Waals surface area (Å²) in [5.74, 6) is 5.67. The highest BCUT2D eigenvalue weighted by Crippen LogP contribution is 2.31. The molecule has 0 fully saturated rings. The average molecular weight is 364 g/mol. The minimum atomic E-state index is -0.263. The third-order valence-electron chi connectivity index (χ3n) is 2.85. The first-order valence-corrected chi connectivity index (χ1v) is 7.25. The van der Waals surface area contributed by atoms with Gasteiger partial charge < -0.3 is 0 Å². The van der Waals surface area contributed by atoms with E-state index in [0.29, 0.717) is 16.6 Å². The van der Waals surface area contributed by atoms with Crippen molar-refractivity contribution in [1.29, 1.82) is 0 Å². The van der Waals surface area contributed by atoms with Gasteiger partial charge in [0, 0.05) is 11.0 Å². The maximum atomic E-state index is 6.20. The Bertz CT molecular complexity index is 585. The minimum Gasteiger partial charge on any atom is -0.271 e. The van der Waals surface area contributed by atoms with Gasteiger partial charge in [-0.2, -0.15) is 5.10 Å². The van der Waals surface area contributed by atoms with Gasteiger partial charge in [0.05, 0.1) is 28.0 Å². The van der Waals surface area contributed by atoms with Crippen molar-refractivity contribution >= 4 is 39.1 Å². The van der Waals surface area contributed by atoms with E-state index in [1.165, 1.54) is 0 Å². The first kappa shape index (κ1) is 14.8. The van der Waals surface area contributed by atoms with Crippen molar-refractivity contribution in [2.75, 3.05) is 0 Å². The molecular formula is C12H13BrCl2N4. The molecule has 0 aliphatic heterocycles. The number of nitrogens with zero attached hydrogens (tertiary/aromatic N) is 2. The fraction of sp³-hybridized carbons (Fsp3) is 0.250. The van der Waals surface area contributed by atoms with E-state index >= 15 is 0 Å². The first-order valence-electron chi connectivity index (χ1n) is 5.70. The van der Waals surface area contributed by atoms with Crippen molar-refractivity contribution in [3.63, 3.8) is 0 Å². The van der Waals surface area contributed by atoms with Crippen LogP contribution in [-0.4, -0.2) is 9.78 Å². The summed E-state index contributed by atoms with van der Waals surface area (Å²) in [6.45, 7) is 2.71. The van der Waals surface area contributed by atoms with Crippen molar-refractivity contribution in [1.82, 2.24) is 15.2 Å². The maximum absolute atomic E-state index is 6.20. The van der Waals surface area contributed by atoms with Crippen molar-refractivity contribution in [2.45, 2.75) is 19.5 Å². The Morgan fingerprint density at radius 2 is 2.16 bits per heavy atom. The molecule has 2 aromatic rings. The quantitative estimate of drug-likeness (QED) is 0.645. The fourth-order valence-electron chi connectivity index (χ4n) is 1.94. The van der Waals surface area contributed by atoms with Gasteiger partial charge in [-0.3, -0.25) is 10.5 Å². The number of nitrogens with two attached hydrogens (primary N) is 1. The second-order valence-corrected chi connectivity index (χ2v) is 5.64. The zero-order valence-corrected chi connectivity index (χ0v) is 13.3. The van der Waals surface area contributed by atoms with E-state index in [4.69, 9.17) is 29.0 Å². The number of halogens is 3. The molecule has 3 N–H and O–H groups in total. The molecule has 1 aromatic carbocycles. The predicted molar refractivity (Wildman–Crippen MR) is 81.2 cm³/mol. The molecular weight excluding hydrogens is 351 g/mol. The van der Waals surface area contributed by atoms with E-state index in [0.717, 1.165) is 15.7 Å². The van der Waals surface area contributed by atoms with Gasteiger partial charge in [-0.1, -0.05) is 29.3 Å². The molecule has 1 atom stereocenters. The van der Waals surface area contributed by atoms with Crippen molar-refractivity contribution in [2.24, 2.45) is 5.84 Å². The van der Waals surface area contributed by atoms with Crippen LogP contribution >= 0.6 is 39.1 Å². The summed E-state index contributed by atoms with van der Waals surface area (Å²) in [7, 11) is 0. The Labute approximate surface area is 130 Å². The summed E-state index contributed by atoms with van der Waals surface area (Å²) < 4.78 is 2.65. The number of hydrogen-bond acceptors (Lipinski definition) is 3. The van der Waals surface area contributed by atoms with E-state index in [1.807, 2.05) is 29.8 Å². The van der Waals surface area contributed by atoms with Crippen LogP contribution in [-0.2, 0) is 6.54 Å².